The lowest BCUT2D eigenvalue weighted by molar-refractivity contribution is -0.118. The summed E-state index contributed by atoms with van der Waals surface area (Å²) in [6, 6.07) is -0.621. The number of nitrogens with zero attached hydrogens (tertiary/aromatic N) is 1. The van der Waals surface area contributed by atoms with Crippen LogP contribution in [0.5, 0.6) is 0 Å². The van der Waals surface area contributed by atoms with E-state index < -0.39 is 11.9 Å². The first-order chi connectivity index (χ1) is 4.04. The second-order valence-corrected chi connectivity index (χ2v) is 1.97. The molecular formula is C4H7ClN2O2. The molecule has 4 nitrogen and oxygen atoms in total. The van der Waals surface area contributed by atoms with E-state index in [2.05, 4.69) is 0 Å². The Morgan fingerprint density at radius 2 is 2.00 bits per heavy atom. The van der Waals surface area contributed by atoms with Crippen LogP contribution in [0.3, 0.4) is 0 Å². The lowest BCUT2D eigenvalue weighted by Crippen LogP contribution is -2.34. The van der Waals surface area contributed by atoms with E-state index in [9.17, 15) is 9.59 Å². The van der Waals surface area contributed by atoms with Crippen LogP contribution in [0.4, 0.5) is 4.79 Å². The van der Waals surface area contributed by atoms with Gasteiger partial charge in [-0.3, -0.25) is 10.1 Å². The Bertz CT molecular complexity index is 135. The van der Waals surface area contributed by atoms with Gasteiger partial charge in [0.1, 0.15) is 0 Å². The first-order valence-corrected chi connectivity index (χ1v) is 2.59. The average molecular weight is 151 g/mol. The zero-order chi connectivity index (χ0) is 7.44. The topological polar surface area (TPSA) is 49.4 Å². The molecule has 0 fully saturated rings. The standard InChI is InChI=1S/C4H7ClN2O2/c1-3(8)6-4(9)7(2)5/h1-2H3,(H,6,8,9). The van der Waals surface area contributed by atoms with Crippen LogP contribution in [0.2, 0.25) is 0 Å². The maximum Gasteiger partial charge on any atom is 0.338 e. The van der Waals surface area contributed by atoms with E-state index in [0.29, 0.717) is 0 Å². The molecule has 1 N–H and O–H groups in total. The van der Waals surface area contributed by atoms with E-state index in [0.717, 1.165) is 4.42 Å². The van der Waals surface area contributed by atoms with Crippen LogP contribution in [-0.2, 0) is 4.79 Å². The predicted octanol–water partition coefficient (Wildman–Crippen LogP) is 0.328. The Hall–Kier alpha value is -0.770. The summed E-state index contributed by atoms with van der Waals surface area (Å²) in [7, 11) is 1.33. The van der Waals surface area contributed by atoms with Gasteiger partial charge in [-0.15, -0.1) is 0 Å². The van der Waals surface area contributed by atoms with Gasteiger partial charge < -0.3 is 0 Å². The quantitative estimate of drug-likeness (QED) is 0.506. The van der Waals surface area contributed by atoms with Crippen LogP contribution in [0, 0.1) is 0 Å². The first kappa shape index (κ1) is 8.23. The second-order valence-electron chi connectivity index (χ2n) is 1.46. The summed E-state index contributed by atoms with van der Waals surface area (Å²) in [6.45, 7) is 1.23. The molecule has 0 unspecified atom stereocenters. The molecule has 0 atom stereocenters. The first-order valence-electron chi connectivity index (χ1n) is 2.25. The monoisotopic (exact) mass is 150 g/mol. The van der Waals surface area contributed by atoms with Crippen LogP contribution >= 0.6 is 11.8 Å². The fourth-order valence-electron chi connectivity index (χ4n) is 0.228. The van der Waals surface area contributed by atoms with E-state index in [4.69, 9.17) is 11.8 Å². The maximum atomic E-state index is 10.4. The number of rotatable bonds is 0. The summed E-state index contributed by atoms with van der Waals surface area (Å²) in [5.74, 6) is -0.424. The molecule has 0 aliphatic rings. The third-order valence-electron chi connectivity index (χ3n) is 0.563. The van der Waals surface area contributed by atoms with Crippen LogP contribution in [0.1, 0.15) is 6.92 Å². The number of hydrogen-bond donors (Lipinski definition) is 1. The van der Waals surface area contributed by atoms with Gasteiger partial charge in [-0.05, 0) is 0 Å². The molecule has 0 spiro atoms. The van der Waals surface area contributed by atoms with Gasteiger partial charge in [0.2, 0.25) is 5.91 Å². The summed E-state index contributed by atoms with van der Waals surface area (Å²) in [5, 5.41) is 1.96. The van der Waals surface area contributed by atoms with Gasteiger partial charge >= 0.3 is 6.03 Å². The highest BCUT2D eigenvalue weighted by atomic mass is 35.5. The number of amides is 3. The van der Waals surface area contributed by atoms with Gasteiger partial charge in [-0.1, -0.05) is 0 Å². The lowest BCUT2D eigenvalue weighted by atomic mass is 10.7. The van der Waals surface area contributed by atoms with Crippen molar-refractivity contribution in [1.82, 2.24) is 9.74 Å². The molecular weight excluding hydrogens is 144 g/mol. The average Bonchev–Trinajstić information content (AvgIpc) is 1.63. The highest BCUT2D eigenvalue weighted by Crippen LogP contribution is 1.86. The lowest BCUT2D eigenvalue weighted by Gasteiger charge is -2.04. The Morgan fingerprint density at radius 1 is 1.56 bits per heavy atom. The molecule has 9 heavy (non-hydrogen) atoms. The fraction of sp³-hybridized carbons (Fsp3) is 0.500. The number of carbonyl (C=O) groups excluding carboxylic acids is 2. The number of urea groups is 1. The summed E-state index contributed by atoms with van der Waals surface area (Å²) >= 11 is 5.14. The van der Waals surface area contributed by atoms with E-state index >= 15 is 0 Å². The Kier molecular flexibility index (Phi) is 3.01. The van der Waals surface area contributed by atoms with E-state index in [1.54, 1.807) is 0 Å². The fourth-order valence-corrected chi connectivity index (χ4v) is 0.270. The second kappa shape index (κ2) is 3.29. The molecule has 0 saturated carbocycles. The van der Waals surface area contributed by atoms with E-state index in [-0.39, 0.29) is 0 Å². The molecule has 0 aliphatic heterocycles. The number of hydrogen-bond acceptors (Lipinski definition) is 2. The van der Waals surface area contributed by atoms with Crippen LogP contribution < -0.4 is 5.32 Å². The maximum absolute atomic E-state index is 10.4. The van der Waals surface area contributed by atoms with Gasteiger partial charge in [-0.25, -0.2) is 9.21 Å². The van der Waals surface area contributed by atoms with Gasteiger partial charge in [0.05, 0.1) is 0 Å². The van der Waals surface area contributed by atoms with Crippen LogP contribution in [-0.4, -0.2) is 23.4 Å². The summed E-state index contributed by atoms with van der Waals surface area (Å²) in [5.41, 5.74) is 0. The molecule has 0 rings (SSSR count). The van der Waals surface area contributed by atoms with Gasteiger partial charge in [0, 0.05) is 25.7 Å². The smallest absolute Gasteiger partial charge is 0.277 e. The highest BCUT2D eigenvalue weighted by molar-refractivity contribution is 6.21. The zero-order valence-corrected chi connectivity index (χ0v) is 5.90. The molecule has 52 valence electrons. The molecule has 0 aromatic heterocycles. The Morgan fingerprint density at radius 3 is 2.11 bits per heavy atom. The minimum Gasteiger partial charge on any atom is -0.277 e. The molecule has 5 heteroatoms. The minimum atomic E-state index is -0.621. The largest absolute Gasteiger partial charge is 0.338 e. The normalized spacial score (nSPS) is 8.33. The molecule has 0 radical (unpaired) electrons. The van der Waals surface area contributed by atoms with Crippen molar-refractivity contribution in [2.24, 2.45) is 0 Å². The van der Waals surface area contributed by atoms with Crippen molar-refractivity contribution < 1.29 is 9.59 Å². The van der Waals surface area contributed by atoms with Crippen molar-refractivity contribution >= 4 is 23.7 Å². The molecule has 0 aromatic rings. The van der Waals surface area contributed by atoms with Crippen LogP contribution in [0.15, 0.2) is 0 Å². The van der Waals surface area contributed by atoms with Crippen molar-refractivity contribution in [3.8, 4) is 0 Å². The Labute approximate surface area is 57.9 Å². The Balaban J connectivity index is 3.64. The SMILES string of the molecule is CC(=O)NC(=O)N(C)Cl. The third-order valence-corrected chi connectivity index (χ3v) is 0.716. The van der Waals surface area contributed by atoms with Gasteiger partial charge in [-0.2, -0.15) is 0 Å². The zero-order valence-electron chi connectivity index (χ0n) is 5.14. The minimum absolute atomic E-state index is 0.424. The molecule has 0 bridgehead atoms. The predicted molar refractivity (Wildman–Crippen MR) is 32.8 cm³/mol. The van der Waals surface area contributed by atoms with Crippen molar-refractivity contribution in [2.75, 3.05) is 7.05 Å². The number of nitrogens with one attached hydrogen (secondary N) is 1. The summed E-state index contributed by atoms with van der Waals surface area (Å²) in [4.78, 5) is 20.6. The summed E-state index contributed by atoms with van der Waals surface area (Å²) < 4.78 is 0.765. The van der Waals surface area contributed by atoms with Gasteiger partial charge in [0.15, 0.2) is 0 Å². The van der Waals surface area contributed by atoms with Crippen molar-refractivity contribution in [3.63, 3.8) is 0 Å². The molecule has 0 heterocycles. The molecule has 0 saturated heterocycles. The number of carbonyl (C=O) groups is 2. The number of imide groups is 1. The molecule has 0 aliphatic carbocycles. The van der Waals surface area contributed by atoms with E-state index in [1.165, 1.54) is 14.0 Å². The van der Waals surface area contributed by atoms with E-state index in [1.807, 2.05) is 5.32 Å². The highest BCUT2D eigenvalue weighted by Gasteiger charge is 2.04. The summed E-state index contributed by atoms with van der Waals surface area (Å²) in [6.07, 6.45) is 0. The van der Waals surface area contributed by atoms with Gasteiger partial charge in [0.25, 0.3) is 0 Å². The van der Waals surface area contributed by atoms with Crippen molar-refractivity contribution in [1.29, 1.82) is 0 Å². The van der Waals surface area contributed by atoms with Crippen LogP contribution in [0.25, 0.3) is 0 Å². The van der Waals surface area contributed by atoms with Crippen molar-refractivity contribution in [3.05, 3.63) is 0 Å². The number of halogens is 1. The molecule has 0 aromatic carbocycles. The third kappa shape index (κ3) is 3.78. The molecule has 3 amide bonds. The van der Waals surface area contributed by atoms with Crippen molar-refractivity contribution in [2.45, 2.75) is 6.92 Å².